The molecule has 0 aromatic heterocycles. The molecular formula is C23H28O2S. The molecular weight excluding hydrogens is 340 g/mol. The van der Waals surface area contributed by atoms with E-state index in [2.05, 4.69) is 62.0 Å². The normalized spacial score (nSPS) is 21.7. The fourth-order valence-corrected chi connectivity index (χ4v) is 5.72. The maximum absolute atomic E-state index is 5.44. The molecule has 2 aromatic rings. The van der Waals surface area contributed by atoms with Crippen LogP contribution in [0.25, 0.3) is 0 Å². The largest absolute Gasteiger partial charge is 0.497 e. The molecule has 2 atom stereocenters. The van der Waals surface area contributed by atoms with Gasteiger partial charge >= 0.3 is 0 Å². The van der Waals surface area contributed by atoms with Crippen molar-refractivity contribution in [1.29, 1.82) is 0 Å². The van der Waals surface area contributed by atoms with Gasteiger partial charge in [0.15, 0.2) is 0 Å². The van der Waals surface area contributed by atoms with Gasteiger partial charge in [0.1, 0.15) is 11.5 Å². The minimum absolute atomic E-state index is 0.113. The lowest BCUT2D eigenvalue weighted by Gasteiger charge is -2.45. The summed E-state index contributed by atoms with van der Waals surface area (Å²) in [5.41, 5.74) is 2.94. The Morgan fingerprint density at radius 3 is 2.42 bits per heavy atom. The topological polar surface area (TPSA) is 18.5 Å². The maximum atomic E-state index is 5.44. The Balaban J connectivity index is 2.11. The number of fused-ring (bicyclic) bond motifs is 1. The van der Waals surface area contributed by atoms with Gasteiger partial charge in [-0.05, 0) is 54.2 Å². The van der Waals surface area contributed by atoms with Crippen LogP contribution in [0.4, 0.5) is 0 Å². The number of allylic oxidation sites excluding steroid dienone is 1. The van der Waals surface area contributed by atoms with Crippen molar-refractivity contribution in [2.24, 2.45) is 0 Å². The van der Waals surface area contributed by atoms with Crippen LogP contribution in [-0.2, 0) is 5.41 Å². The van der Waals surface area contributed by atoms with Crippen LogP contribution in [0.15, 0.2) is 60.0 Å². The predicted molar refractivity (Wildman–Crippen MR) is 111 cm³/mol. The first-order chi connectivity index (χ1) is 12.7. The molecule has 0 saturated carbocycles. The Morgan fingerprint density at radius 2 is 1.81 bits per heavy atom. The molecule has 1 aliphatic heterocycles. The van der Waals surface area contributed by atoms with Crippen LogP contribution in [0, 0.1) is 0 Å². The van der Waals surface area contributed by atoms with Crippen molar-refractivity contribution >= 4 is 11.8 Å². The molecule has 3 heteroatoms. The molecule has 2 aromatic carbocycles. The van der Waals surface area contributed by atoms with Crippen molar-refractivity contribution in [2.45, 2.75) is 42.4 Å². The van der Waals surface area contributed by atoms with E-state index in [4.69, 9.17) is 9.47 Å². The summed E-state index contributed by atoms with van der Waals surface area (Å²) in [4.78, 5) is 1.34. The lowest BCUT2D eigenvalue weighted by Crippen LogP contribution is -2.39. The highest BCUT2D eigenvalue weighted by molar-refractivity contribution is 7.99. The van der Waals surface area contributed by atoms with E-state index in [0.29, 0.717) is 5.92 Å². The fraction of sp³-hybridized carbons (Fsp3) is 0.391. The van der Waals surface area contributed by atoms with Crippen molar-refractivity contribution in [2.75, 3.05) is 20.0 Å². The summed E-state index contributed by atoms with van der Waals surface area (Å²) in [7, 11) is 3.45. The van der Waals surface area contributed by atoms with Crippen LogP contribution >= 0.6 is 11.8 Å². The smallest absolute Gasteiger partial charge is 0.119 e. The molecule has 3 rings (SSSR count). The number of ether oxygens (including phenoxy) is 2. The second-order valence-electron chi connectivity index (χ2n) is 6.90. The zero-order valence-electron chi connectivity index (χ0n) is 16.0. The average Bonchev–Trinajstić information content (AvgIpc) is 2.69. The standard InChI is InChI=1S/C23H28O2S/c1-5-7-21-20-13-12-19(25-4)15-22(20)26-16-23(21,14-6-2)17-8-10-18(24-3)11-9-17/h5,8-13,15,21H,1,6-7,14,16H2,2-4H3. The third-order valence-corrected chi connectivity index (χ3v) is 6.84. The SMILES string of the molecule is C=CCC1c2ccc(OC)cc2SCC1(CCC)c1ccc(OC)cc1. The van der Waals surface area contributed by atoms with Gasteiger partial charge in [0.25, 0.3) is 0 Å². The van der Waals surface area contributed by atoms with E-state index in [-0.39, 0.29) is 5.41 Å². The predicted octanol–water partition coefficient (Wildman–Crippen LogP) is 6.21. The van der Waals surface area contributed by atoms with Gasteiger partial charge in [0, 0.05) is 16.1 Å². The number of benzene rings is 2. The Bertz CT molecular complexity index is 753. The number of hydrogen-bond acceptors (Lipinski definition) is 3. The number of thioether (sulfide) groups is 1. The van der Waals surface area contributed by atoms with Gasteiger partial charge in [-0.2, -0.15) is 0 Å². The number of hydrogen-bond donors (Lipinski definition) is 0. The Morgan fingerprint density at radius 1 is 1.12 bits per heavy atom. The molecule has 0 radical (unpaired) electrons. The van der Waals surface area contributed by atoms with Gasteiger partial charge in [-0.15, -0.1) is 18.3 Å². The monoisotopic (exact) mass is 368 g/mol. The van der Waals surface area contributed by atoms with Gasteiger partial charge in [0.2, 0.25) is 0 Å². The molecule has 2 unspecified atom stereocenters. The summed E-state index contributed by atoms with van der Waals surface area (Å²) in [5.74, 6) is 3.34. The first-order valence-corrected chi connectivity index (χ1v) is 10.2. The quantitative estimate of drug-likeness (QED) is 0.542. The molecule has 0 spiro atoms. The second kappa shape index (κ2) is 8.22. The Hall–Kier alpha value is -1.87. The molecule has 26 heavy (non-hydrogen) atoms. The average molecular weight is 369 g/mol. The van der Waals surface area contributed by atoms with Crippen molar-refractivity contribution < 1.29 is 9.47 Å². The molecule has 1 aliphatic rings. The summed E-state index contributed by atoms with van der Waals surface area (Å²) in [6, 6.07) is 15.2. The van der Waals surface area contributed by atoms with Gasteiger partial charge in [-0.3, -0.25) is 0 Å². The fourth-order valence-electron chi connectivity index (χ4n) is 4.22. The van der Waals surface area contributed by atoms with Gasteiger partial charge in [0.05, 0.1) is 14.2 Å². The van der Waals surface area contributed by atoms with Crippen LogP contribution in [0.1, 0.15) is 43.2 Å². The highest BCUT2D eigenvalue weighted by Gasteiger charge is 2.43. The van der Waals surface area contributed by atoms with Crippen LogP contribution < -0.4 is 9.47 Å². The minimum Gasteiger partial charge on any atom is -0.497 e. The van der Waals surface area contributed by atoms with E-state index < -0.39 is 0 Å². The second-order valence-corrected chi connectivity index (χ2v) is 7.92. The van der Waals surface area contributed by atoms with Crippen molar-refractivity contribution in [3.63, 3.8) is 0 Å². The first kappa shape index (κ1) is 18.9. The molecule has 0 aliphatic carbocycles. The third kappa shape index (κ3) is 3.37. The highest BCUT2D eigenvalue weighted by atomic mass is 32.2. The maximum Gasteiger partial charge on any atom is 0.119 e. The van der Waals surface area contributed by atoms with Gasteiger partial charge in [-0.25, -0.2) is 0 Å². The van der Waals surface area contributed by atoms with Crippen LogP contribution in [0.3, 0.4) is 0 Å². The molecule has 0 bridgehead atoms. The van der Waals surface area contributed by atoms with E-state index in [1.165, 1.54) is 16.0 Å². The van der Waals surface area contributed by atoms with Gasteiger partial charge in [-0.1, -0.05) is 37.6 Å². The number of methoxy groups -OCH3 is 2. The van der Waals surface area contributed by atoms with Crippen molar-refractivity contribution in [3.8, 4) is 11.5 Å². The zero-order chi connectivity index (χ0) is 18.6. The minimum atomic E-state index is 0.113. The van der Waals surface area contributed by atoms with Crippen molar-refractivity contribution in [3.05, 3.63) is 66.2 Å². The Kier molecular flexibility index (Phi) is 5.98. The molecule has 138 valence electrons. The molecule has 1 heterocycles. The van der Waals surface area contributed by atoms with E-state index in [0.717, 1.165) is 36.5 Å². The van der Waals surface area contributed by atoms with Crippen LogP contribution in [0.2, 0.25) is 0 Å². The summed E-state index contributed by atoms with van der Waals surface area (Å²) < 4.78 is 10.8. The summed E-state index contributed by atoms with van der Waals surface area (Å²) in [6.07, 6.45) is 5.37. The molecule has 0 amide bonds. The molecule has 0 N–H and O–H groups in total. The van der Waals surface area contributed by atoms with E-state index in [1.54, 1.807) is 14.2 Å². The van der Waals surface area contributed by atoms with E-state index in [9.17, 15) is 0 Å². The van der Waals surface area contributed by atoms with Crippen molar-refractivity contribution in [1.82, 2.24) is 0 Å². The summed E-state index contributed by atoms with van der Waals surface area (Å²) in [6.45, 7) is 6.34. The van der Waals surface area contributed by atoms with Crippen LogP contribution in [-0.4, -0.2) is 20.0 Å². The highest BCUT2D eigenvalue weighted by Crippen LogP contribution is 2.54. The molecule has 2 nitrogen and oxygen atoms in total. The van der Waals surface area contributed by atoms with E-state index in [1.807, 2.05) is 11.8 Å². The Labute approximate surface area is 161 Å². The van der Waals surface area contributed by atoms with Crippen LogP contribution in [0.5, 0.6) is 11.5 Å². The molecule has 0 fully saturated rings. The third-order valence-electron chi connectivity index (χ3n) is 5.51. The first-order valence-electron chi connectivity index (χ1n) is 9.24. The summed E-state index contributed by atoms with van der Waals surface area (Å²) in [5, 5.41) is 0. The molecule has 0 saturated heterocycles. The lowest BCUT2D eigenvalue weighted by atomic mass is 9.65. The van der Waals surface area contributed by atoms with Gasteiger partial charge < -0.3 is 9.47 Å². The lowest BCUT2D eigenvalue weighted by molar-refractivity contribution is 0.342. The zero-order valence-corrected chi connectivity index (χ0v) is 16.8. The van der Waals surface area contributed by atoms with E-state index >= 15 is 0 Å². The summed E-state index contributed by atoms with van der Waals surface area (Å²) >= 11 is 1.95. The number of rotatable bonds is 7.